The zero-order valence-electron chi connectivity index (χ0n) is 22.8. The van der Waals surface area contributed by atoms with Crippen LogP contribution in [-0.2, 0) is 14.4 Å². The molecule has 0 radical (unpaired) electrons. The predicted molar refractivity (Wildman–Crippen MR) is 157 cm³/mol. The molecule has 1 aliphatic heterocycles. The topological polar surface area (TPSA) is 87.7 Å². The second kappa shape index (κ2) is 12.2. The second-order valence-electron chi connectivity index (χ2n) is 10.0. The summed E-state index contributed by atoms with van der Waals surface area (Å²) in [5.74, 6) is 0.296. The van der Waals surface area contributed by atoms with E-state index in [1.165, 1.54) is 22.2 Å². The molecule has 0 saturated heterocycles. The molecule has 0 unspecified atom stereocenters. The minimum absolute atomic E-state index is 0.0728. The zero-order valence-corrected chi connectivity index (χ0v) is 23.6. The second-order valence-corrected chi connectivity index (χ2v) is 11.1. The van der Waals surface area contributed by atoms with Crippen molar-refractivity contribution in [2.75, 3.05) is 22.6 Å². The largest absolute Gasteiger partial charge is 0.497 e. The van der Waals surface area contributed by atoms with Crippen LogP contribution in [0.1, 0.15) is 45.6 Å². The van der Waals surface area contributed by atoms with Crippen molar-refractivity contribution < 1.29 is 19.1 Å². The van der Waals surface area contributed by atoms with Crippen LogP contribution in [0.2, 0.25) is 0 Å². The number of thioether (sulfide) groups is 1. The number of carbonyl (C=O) groups is 3. The van der Waals surface area contributed by atoms with Crippen molar-refractivity contribution in [3.63, 3.8) is 0 Å². The number of carbonyl (C=O) groups excluding carboxylic acids is 3. The molecule has 0 fully saturated rings. The van der Waals surface area contributed by atoms with Gasteiger partial charge in [0.05, 0.1) is 12.8 Å². The summed E-state index contributed by atoms with van der Waals surface area (Å²) < 4.78 is 5.23. The molecule has 4 rings (SSSR count). The first-order chi connectivity index (χ1) is 18.7. The van der Waals surface area contributed by atoms with Crippen molar-refractivity contribution in [1.82, 2.24) is 0 Å². The van der Waals surface area contributed by atoms with Crippen molar-refractivity contribution in [2.24, 2.45) is 5.92 Å². The van der Waals surface area contributed by atoms with Crippen LogP contribution in [0.5, 0.6) is 5.75 Å². The summed E-state index contributed by atoms with van der Waals surface area (Å²) in [6.07, 6.45) is 0.413. The molecule has 1 heterocycles. The predicted octanol–water partition coefficient (Wildman–Crippen LogP) is 6.79. The molecular weight excluding hydrogens is 510 g/mol. The van der Waals surface area contributed by atoms with Gasteiger partial charge < -0.3 is 15.4 Å². The highest BCUT2D eigenvalue weighted by Crippen LogP contribution is 2.39. The van der Waals surface area contributed by atoms with E-state index < -0.39 is 11.8 Å². The van der Waals surface area contributed by atoms with E-state index in [0.717, 1.165) is 4.90 Å². The maximum atomic E-state index is 13.7. The molecule has 202 valence electrons. The monoisotopic (exact) mass is 543 g/mol. The summed E-state index contributed by atoms with van der Waals surface area (Å²) in [5, 5.41) is 6.11. The standard InChI is InChI=1S/C31H33N3O4S/c1-19(2)17-27(35)32-23-7-6-8-26(18-23)39-29-28(33-22-11-9-21(10-12-22)20(3)4)30(36)34(31(29)37)24-13-15-25(38-5)16-14-24/h6-16,18-20,33H,17H2,1-5H3,(H,32,35). The van der Waals surface area contributed by atoms with Crippen molar-refractivity contribution in [2.45, 2.75) is 44.9 Å². The van der Waals surface area contributed by atoms with E-state index in [0.29, 0.717) is 35.2 Å². The number of nitrogens with zero attached hydrogens (tertiary/aromatic N) is 1. The van der Waals surface area contributed by atoms with Gasteiger partial charge in [-0.2, -0.15) is 0 Å². The molecule has 3 amide bonds. The molecule has 0 bridgehead atoms. The van der Waals surface area contributed by atoms with Crippen molar-refractivity contribution >= 4 is 46.5 Å². The van der Waals surface area contributed by atoms with Gasteiger partial charge in [-0.15, -0.1) is 0 Å². The number of hydrogen-bond acceptors (Lipinski definition) is 6. The van der Waals surface area contributed by atoms with Crippen LogP contribution >= 0.6 is 11.8 Å². The molecule has 3 aromatic rings. The molecule has 7 nitrogen and oxygen atoms in total. The van der Waals surface area contributed by atoms with Crippen LogP contribution < -0.4 is 20.3 Å². The summed E-state index contributed by atoms with van der Waals surface area (Å²) in [5.41, 5.74) is 3.17. The Balaban J connectivity index is 1.66. The minimum atomic E-state index is -0.443. The van der Waals surface area contributed by atoms with Crippen LogP contribution in [0.15, 0.2) is 88.3 Å². The first-order valence-electron chi connectivity index (χ1n) is 12.9. The Hall–Kier alpha value is -4.04. The quantitative estimate of drug-likeness (QED) is 0.274. The van der Waals surface area contributed by atoms with E-state index in [4.69, 9.17) is 4.74 Å². The number of methoxy groups -OCH3 is 1. The third kappa shape index (κ3) is 6.70. The van der Waals surface area contributed by atoms with E-state index in [1.54, 1.807) is 43.5 Å². The lowest BCUT2D eigenvalue weighted by Gasteiger charge is -2.16. The van der Waals surface area contributed by atoms with Gasteiger partial charge in [0.1, 0.15) is 16.4 Å². The molecule has 39 heavy (non-hydrogen) atoms. The van der Waals surface area contributed by atoms with E-state index in [9.17, 15) is 14.4 Å². The lowest BCUT2D eigenvalue weighted by atomic mass is 10.0. The minimum Gasteiger partial charge on any atom is -0.497 e. The van der Waals surface area contributed by atoms with Gasteiger partial charge in [-0.3, -0.25) is 14.4 Å². The smallest absolute Gasteiger partial charge is 0.283 e. The molecule has 0 aliphatic carbocycles. The summed E-state index contributed by atoms with van der Waals surface area (Å²) in [6.45, 7) is 8.21. The Morgan fingerprint density at radius 3 is 2.21 bits per heavy atom. The fraction of sp³-hybridized carbons (Fsp3) is 0.258. The van der Waals surface area contributed by atoms with E-state index in [-0.39, 0.29) is 22.4 Å². The molecule has 0 atom stereocenters. The Kier molecular flexibility index (Phi) is 8.76. The van der Waals surface area contributed by atoms with Crippen LogP contribution in [0.3, 0.4) is 0 Å². The third-order valence-corrected chi connectivity index (χ3v) is 7.22. The Labute approximate surface area is 233 Å². The SMILES string of the molecule is COc1ccc(N2C(=O)C(Nc3ccc(C(C)C)cc3)=C(Sc3cccc(NC(=O)CC(C)C)c3)C2=O)cc1. The third-order valence-electron chi connectivity index (χ3n) is 6.15. The lowest BCUT2D eigenvalue weighted by molar-refractivity contribution is -0.120. The highest BCUT2D eigenvalue weighted by atomic mass is 32.2. The van der Waals surface area contributed by atoms with Crippen LogP contribution in [0, 0.1) is 5.92 Å². The number of hydrogen-bond donors (Lipinski definition) is 2. The number of rotatable bonds is 10. The first kappa shape index (κ1) is 28.0. The van der Waals surface area contributed by atoms with E-state index in [2.05, 4.69) is 24.5 Å². The summed E-state index contributed by atoms with van der Waals surface area (Å²) in [4.78, 5) is 41.8. The number of nitrogens with one attached hydrogen (secondary N) is 2. The molecule has 0 spiro atoms. The summed E-state index contributed by atoms with van der Waals surface area (Å²) in [6, 6.07) is 21.9. The number of imide groups is 1. The van der Waals surface area contributed by atoms with Crippen LogP contribution in [0.25, 0.3) is 0 Å². The Bertz CT molecular complexity index is 1400. The molecule has 1 aliphatic rings. The maximum Gasteiger partial charge on any atom is 0.283 e. The van der Waals surface area contributed by atoms with Gasteiger partial charge >= 0.3 is 0 Å². The fourth-order valence-electron chi connectivity index (χ4n) is 4.11. The average Bonchev–Trinajstić information content (AvgIpc) is 3.12. The fourth-order valence-corrected chi connectivity index (χ4v) is 5.10. The maximum absolute atomic E-state index is 13.7. The zero-order chi connectivity index (χ0) is 28.1. The molecule has 8 heteroatoms. The van der Waals surface area contributed by atoms with Gasteiger partial charge in [-0.25, -0.2) is 4.90 Å². The van der Waals surface area contributed by atoms with Gasteiger partial charge in [0.15, 0.2) is 0 Å². The average molecular weight is 544 g/mol. The van der Waals surface area contributed by atoms with Crippen molar-refractivity contribution in [1.29, 1.82) is 0 Å². The molecule has 0 saturated carbocycles. The lowest BCUT2D eigenvalue weighted by Crippen LogP contribution is -2.32. The highest BCUT2D eigenvalue weighted by Gasteiger charge is 2.40. The summed E-state index contributed by atoms with van der Waals surface area (Å²) >= 11 is 1.19. The highest BCUT2D eigenvalue weighted by molar-refractivity contribution is 8.04. The van der Waals surface area contributed by atoms with Crippen LogP contribution in [-0.4, -0.2) is 24.8 Å². The number of benzene rings is 3. The molecular formula is C31H33N3O4S. The van der Waals surface area contributed by atoms with Crippen molar-refractivity contribution in [3.8, 4) is 5.75 Å². The number of amides is 3. The van der Waals surface area contributed by atoms with Crippen LogP contribution in [0.4, 0.5) is 17.1 Å². The van der Waals surface area contributed by atoms with Gasteiger partial charge in [-0.1, -0.05) is 57.7 Å². The Morgan fingerprint density at radius 1 is 0.897 bits per heavy atom. The molecule has 2 N–H and O–H groups in total. The normalized spacial score (nSPS) is 13.5. The Morgan fingerprint density at radius 2 is 1.59 bits per heavy atom. The van der Waals surface area contributed by atoms with Gasteiger partial charge in [0, 0.05) is 22.7 Å². The number of anilines is 3. The van der Waals surface area contributed by atoms with E-state index in [1.807, 2.05) is 50.2 Å². The van der Waals surface area contributed by atoms with Gasteiger partial charge in [-0.05, 0) is 72.0 Å². The van der Waals surface area contributed by atoms with E-state index >= 15 is 0 Å². The van der Waals surface area contributed by atoms with Gasteiger partial charge in [0.2, 0.25) is 5.91 Å². The number of ether oxygens (including phenoxy) is 1. The first-order valence-corrected chi connectivity index (χ1v) is 13.7. The molecule has 3 aromatic carbocycles. The summed E-state index contributed by atoms with van der Waals surface area (Å²) in [7, 11) is 1.56. The molecule has 0 aromatic heterocycles. The van der Waals surface area contributed by atoms with Gasteiger partial charge in [0.25, 0.3) is 11.8 Å². The van der Waals surface area contributed by atoms with Crippen molar-refractivity contribution in [3.05, 3.63) is 89.0 Å².